The predicted molar refractivity (Wildman–Crippen MR) is 115 cm³/mol. The minimum atomic E-state index is -4.52. The SMILES string of the molecule is Cc1ccc(Sc2cc(SCCC(CN)CC(=O)O)cc(CN)c2C(F)(F)F)cc1. The number of thioether (sulfide) groups is 1. The van der Waals surface area contributed by atoms with Crippen LogP contribution in [0.15, 0.2) is 51.1 Å². The first-order valence-electron chi connectivity index (χ1n) is 9.37. The Balaban J connectivity index is 2.29. The number of carbonyl (C=O) groups is 1. The summed E-state index contributed by atoms with van der Waals surface area (Å²) >= 11 is 2.44. The lowest BCUT2D eigenvalue weighted by Crippen LogP contribution is -2.18. The van der Waals surface area contributed by atoms with Gasteiger partial charge in [-0.1, -0.05) is 29.5 Å². The van der Waals surface area contributed by atoms with Gasteiger partial charge in [0, 0.05) is 27.7 Å². The Morgan fingerprint density at radius 2 is 1.80 bits per heavy atom. The third-order valence-electron chi connectivity index (χ3n) is 4.50. The fourth-order valence-electron chi connectivity index (χ4n) is 2.92. The molecule has 1 atom stereocenters. The molecule has 164 valence electrons. The summed E-state index contributed by atoms with van der Waals surface area (Å²) in [5.74, 6) is -0.522. The zero-order valence-corrected chi connectivity index (χ0v) is 18.2. The van der Waals surface area contributed by atoms with E-state index < -0.39 is 17.7 Å². The van der Waals surface area contributed by atoms with E-state index in [1.807, 2.05) is 19.1 Å². The maximum atomic E-state index is 13.8. The number of nitrogens with two attached hydrogens (primary N) is 2. The summed E-state index contributed by atoms with van der Waals surface area (Å²) in [7, 11) is 0. The number of carboxylic acids is 1. The Labute approximate surface area is 182 Å². The Hall–Kier alpha value is -1.68. The molecule has 5 N–H and O–H groups in total. The number of hydrogen-bond acceptors (Lipinski definition) is 5. The summed E-state index contributed by atoms with van der Waals surface area (Å²) in [5, 5.41) is 8.91. The number of alkyl halides is 3. The molecule has 2 aromatic carbocycles. The van der Waals surface area contributed by atoms with Gasteiger partial charge in [0.05, 0.1) is 5.56 Å². The summed E-state index contributed by atoms with van der Waals surface area (Å²) in [5.41, 5.74) is 11.6. The van der Waals surface area contributed by atoms with Crippen molar-refractivity contribution in [2.75, 3.05) is 12.3 Å². The second-order valence-corrected chi connectivity index (χ2v) is 9.19. The zero-order valence-electron chi connectivity index (χ0n) is 16.5. The molecule has 2 rings (SSSR count). The monoisotopic (exact) mass is 458 g/mol. The highest BCUT2D eigenvalue weighted by Crippen LogP contribution is 2.43. The average Bonchev–Trinajstić information content (AvgIpc) is 2.67. The van der Waals surface area contributed by atoms with Crippen molar-refractivity contribution in [1.82, 2.24) is 0 Å². The fourth-order valence-corrected chi connectivity index (χ4v) is 5.17. The van der Waals surface area contributed by atoms with Gasteiger partial charge in [0.25, 0.3) is 0 Å². The van der Waals surface area contributed by atoms with E-state index in [0.29, 0.717) is 22.0 Å². The minimum Gasteiger partial charge on any atom is -0.481 e. The molecular weight excluding hydrogens is 433 g/mol. The minimum absolute atomic E-state index is 0.0212. The largest absolute Gasteiger partial charge is 0.481 e. The average molecular weight is 459 g/mol. The number of aliphatic carboxylic acids is 1. The third kappa shape index (κ3) is 7.23. The highest BCUT2D eigenvalue weighted by molar-refractivity contribution is 8.00. The van der Waals surface area contributed by atoms with Crippen molar-refractivity contribution in [3.63, 3.8) is 0 Å². The molecule has 0 spiro atoms. The maximum Gasteiger partial charge on any atom is 0.417 e. The van der Waals surface area contributed by atoms with Gasteiger partial charge in [0.15, 0.2) is 0 Å². The Morgan fingerprint density at radius 3 is 2.33 bits per heavy atom. The highest BCUT2D eigenvalue weighted by Gasteiger charge is 2.36. The van der Waals surface area contributed by atoms with Crippen molar-refractivity contribution >= 4 is 29.5 Å². The summed E-state index contributed by atoms with van der Waals surface area (Å²) in [4.78, 5) is 12.4. The topological polar surface area (TPSA) is 89.3 Å². The van der Waals surface area contributed by atoms with Crippen LogP contribution in [-0.4, -0.2) is 23.4 Å². The number of aryl methyl sites for hydroxylation is 1. The van der Waals surface area contributed by atoms with E-state index in [1.54, 1.807) is 12.1 Å². The molecular formula is C21H25F3N2O2S2. The van der Waals surface area contributed by atoms with Gasteiger partial charge in [-0.15, -0.1) is 11.8 Å². The van der Waals surface area contributed by atoms with Crippen LogP contribution in [0.3, 0.4) is 0 Å². The predicted octanol–water partition coefficient (Wildman–Crippen LogP) is 5.16. The standard InChI is InChI=1S/C21H25F3N2O2S2/c1-13-2-4-16(5-3-13)30-18-10-17(9-15(12-26)20(18)21(22,23)24)29-7-6-14(11-25)8-19(27)28/h2-5,9-10,14H,6-8,11-12,25-26H2,1H3,(H,27,28). The van der Waals surface area contributed by atoms with Crippen LogP contribution < -0.4 is 11.5 Å². The van der Waals surface area contributed by atoms with E-state index in [2.05, 4.69) is 0 Å². The van der Waals surface area contributed by atoms with Gasteiger partial charge < -0.3 is 16.6 Å². The molecule has 0 amide bonds. The lowest BCUT2D eigenvalue weighted by atomic mass is 10.0. The molecule has 9 heteroatoms. The first kappa shape index (κ1) is 24.6. The first-order valence-corrected chi connectivity index (χ1v) is 11.2. The molecule has 4 nitrogen and oxygen atoms in total. The van der Waals surface area contributed by atoms with Crippen LogP contribution in [0, 0.1) is 12.8 Å². The van der Waals surface area contributed by atoms with Crippen molar-refractivity contribution in [3.8, 4) is 0 Å². The quantitative estimate of drug-likeness (QED) is 0.427. The van der Waals surface area contributed by atoms with E-state index in [0.717, 1.165) is 17.3 Å². The Bertz CT molecular complexity index is 859. The van der Waals surface area contributed by atoms with Gasteiger partial charge in [-0.25, -0.2) is 0 Å². The third-order valence-corrected chi connectivity index (χ3v) is 6.56. The molecule has 0 bridgehead atoms. The van der Waals surface area contributed by atoms with Crippen LogP contribution in [0.25, 0.3) is 0 Å². The number of carboxylic acid groups (broad SMARTS) is 1. The van der Waals surface area contributed by atoms with Gasteiger partial charge in [0.2, 0.25) is 0 Å². The second kappa shape index (κ2) is 11.1. The fraction of sp³-hybridized carbons (Fsp3) is 0.381. The van der Waals surface area contributed by atoms with E-state index in [1.165, 1.54) is 23.9 Å². The molecule has 0 radical (unpaired) electrons. The van der Waals surface area contributed by atoms with Crippen LogP contribution in [0.2, 0.25) is 0 Å². The van der Waals surface area contributed by atoms with Crippen molar-refractivity contribution in [3.05, 3.63) is 53.1 Å². The maximum absolute atomic E-state index is 13.8. The second-order valence-electron chi connectivity index (χ2n) is 6.91. The summed E-state index contributed by atoms with van der Waals surface area (Å²) in [6.45, 7) is 1.94. The Morgan fingerprint density at radius 1 is 1.13 bits per heavy atom. The number of rotatable bonds is 10. The van der Waals surface area contributed by atoms with Gasteiger partial charge in [0.1, 0.15) is 0 Å². The molecule has 30 heavy (non-hydrogen) atoms. The normalized spacial score (nSPS) is 12.7. The van der Waals surface area contributed by atoms with Crippen LogP contribution in [0.5, 0.6) is 0 Å². The van der Waals surface area contributed by atoms with Gasteiger partial charge in [-0.05, 0) is 61.4 Å². The molecule has 0 saturated carbocycles. The molecule has 0 aliphatic carbocycles. The van der Waals surface area contributed by atoms with Crippen LogP contribution >= 0.6 is 23.5 Å². The summed E-state index contributed by atoms with van der Waals surface area (Å²) in [6.07, 6.45) is -3.98. The number of benzene rings is 2. The molecule has 2 aromatic rings. The molecule has 0 heterocycles. The molecule has 0 aromatic heterocycles. The molecule has 1 unspecified atom stereocenters. The van der Waals surface area contributed by atoms with Crippen molar-refractivity contribution in [2.24, 2.45) is 17.4 Å². The van der Waals surface area contributed by atoms with E-state index in [9.17, 15) is 18.0 Å². The zero-order chi connectivity index (χ0) is 22.3. The van der Waals surface area contributed by atoms with Crippen LogP contribution in [0.4, 0.5) is 13.2 Å². The number of halogens is 3. The van der Waals surface area contributed by atoms with E-state index in [-0.39, 0.29) is 35.9 Å². The molecule has 0 fully saturated rings. The molecule has 0 saturated heterocycles. The smallest absolute Gasteiger partial charge is 0.417 e. The van der Waals surface area contributed by atoms with Gasteiger partial charge in [-0.2, -0.15) is 13.2 Å². The van der Waals surface area contributed by atoms with Crippen molar-refractivity contribution in [2.45, 2.75) is 47.2 Å². The van der Waals surface area contributed by atoms with Crippen LogP contribution in [0.1, 0.15) is 29.5 Å². The van der Waals surface area contributed by atoms with Crippen molar-refractivity contribution in [1.29, 1.82) is 0 Å². The number of hydrogen-bond donors (Lipinski definition) is 3. The van der Waals surface area contributed by atoms with Gasteiger partial charge in [-0.3, -0.25) is 4.79 Å². The van der Waals surface area contributed by atoms with Crippen molar-refractivity contribution < 1.29 is 23.1 Å². The summed E-state index contributed by atoms with van der Waals surface area (Å²) in [6, 6.07) is 10.3. The van der Waals surface area contributed by atoms with E-state index >= 15 is 0 Å². The highest BCUT2D eigenvalue weighted by atomic mass is 32.2. The Kier molecular flexibility index (Phi) is 9.09. The van der Waals surface area contributed by atoms with E-state index in [4.69, 9.17) is 16.6 Å². The lowest BCUT2D eigenvalue weighted by Gasteiger charge is -2.19. The van der Waals surface area contributed by atoms with Crippen LogP contribution in [-0.2, 0) is 17.5 Å². The van der Waals surface area contributed by atoms with Gasteiger partial charge >= 0.3 is 12.1 Å². The lowest BCUT2D eigenvalue weighted by molar-refractivity contribution is -0.140. The molecule has 0 aliphatic rings. The summed E-state index contributed by atoms with van der Waals surface area (Å²) < 4.78 is 41.3. The first-order chi connectivity index (χ1) is 14.1. The molecule has 0 aliphatic heterocycles.